The van der Waals surface area contributed by atoms with Crippen LogP contribution in [0.15, 0.2) is 11.6 Å². The number of carbonyl (C=O) groups is 1. The van der Waals surface area contributed by atoms with Crippen molar-refractivity contribution in [2.75, 3.05) is 0 Å². The van der Waals surface area contributed by atoms with Gasteiger partial charge in [0.25, 0.3) is 0 Å². The molecule has 0 aromatic carbocycles. The minimum absolute atomic E-state index is 0.113. The first-order valence-corrected chi connectivity index (χ1v) is 4.47. The van der Waals surface area contributed by atoms with Crippen molar-refractivity contribution in [1.29, 1.82) is 0 Å². The summed E-state index contributed by atoms with van der Waals surface area (Å²) < 4.78 is 0. The van der Waals surface area contributed by atoms with Gasteiger partial charge in [0, 0.05) is 5.92 Å². The highest BCUT2D eigenvalue weighted by Crippen LogP contribution is 2.24. The van der Waals surface area contributed by atoms with Crippen LogP contribution in [0.1, 0.15) is 41.5 Å². The summed E-state index contributed by atoms with van der Waals surface area (Å²) in [4.78, 5) is 11.3. The van der Waals surface area contributed by atoms with Crippen molar-refractivity contribution in [3.63, 3.8) is 0 Å². The number of carbonyl (C=O) groups excluding carboxylic acids is 1. The van der Waals surface area contributed by atoms with E-state index < -0.39 is 0 Å². The third kappa shape index (κ3) is 3.70. The zero-order valence-corrected chi connectivity index (χ0v) is 9.06. The average Bonchev–Trinajstić information content (AvgIpc) is 1.85. The average molecular weight is 168 g/mol. The molecular weight excluding hydrogens is 148 g/mol. The van der Waals surface area contributed by atoms with Crippen molar-refractivity contribution in [2.24, 2.45) is 11.3 Å². The molecule has 0 spiro atoms. The van der Waals surface area contributed by atoms with Gasteiger partial charge in [-0.05, 0) is 18.4 Å². The van der Waals surface area contributed by atoms with Gasteiger partial charge in [0.2, 0.25) is 0 Å². The molecule has 1 nitrogen and oxygen atoms in total. The number of hydrogen-bond acceptors (Lipinski definition) is 1. The van der Waals surface area contributed by atoms with Crippen LogP contribution in [0, 0.1) is 11.3 Å². The predicted molar refractivity (Wildman–Crippen MR) is 53.1 cm³/mol. The van der Waals surface area contributed by atoms with Gasteiger partial charge in [-0.2, -0.15) is 0 Å². The van der Waals surface area contributed by atoms with E-state index >= 15 is 0 Å². The zero-order valence-electron chi connectivity index (χ0n) is 9.06. The molecule has 0 aromatic heterocycles. The summed E-state index contributed by atoms with van der Waals surface area (Å²) in [7, 11) is 0. The first kappa shape index (κ1) is 11.4. The van der Waals surface area contributed by atoms with Gasteiger partial charge in [-0.1, -0.05) is 40.2 Å². The van der Waals surface area contributed by atoms with Gasteiger partial charge in [0.15, 0.2) is 5.78 Å². The third-order valence-electron chi connectivity index (χ3n) is 2.11. The molecule has 0 bridgehead atoms. The van der Waals surface area contributed by atoms with Crippen molar-refractivity contribution in [3.8, 4) is 0 Å². The summed E-state index contributed by atoms with van der Waals surface area (Å²) >= 11 is 0. The second kappa shape index (κ2) is 3.88. The van der Waals surface area contributed by atoms with Crippen molar-refractivity contribution in [3.05, 3.63) is 11.6 Å². The highest BCUT2D eigenvalue weighted by Gasteiger charge is 2.14. The monoisotopic (exact) mass is 168 g/mol. The summed E-state index contributed by atoms with van der Waals surface area (Å²) in [6.45, 7) is 12.2. The highest BCUT2D eigenvalue weighted by molar-refractivity contribution is 5.91. The van der Waals surface area contributed by atoms with Crippen molar-refractivity contribution in [1.82, 2.24) is 0 Å². The molecule has 12 heavy (non-hydrogen) atoms. The highest BCUT2D eigenvalue weighted by atomic mass is 16.1. The molecular formula is C11H20O. The molecule has 0 aliphatic rings. The van der Waals surface area contributed by atoms with Gasteiger partial charge < -0.3 is 0 Å². The van der Waals surface area contributed by atoms with E-state index in [2.05, 4.69) is 20.8 Å². The Morgan fingerprint density at radius 1 is 1.25 bits per heavy atom. The minimum Gasteiger partial charge on any atom is -0.295 e. The lowest BCUT2D eigenvalue weighted by atomic mass is 9.86. The Hall–Kier alpha value is -0.590. The molecule has 0 saturated heterocycles. The Labute approximate surface area is 75.9 Å². The lowest BCUT2D eigenvalue weighted by Crippen LogP contribution is -2.11. The van der Waals surface area contributed by atoms with Crippen LogP contribution in [-0.4, -0.2) is 5.78 Å². The molecule has 0 radical (unpaired) electrons. The smallest absolute Gasteiger partial charge is 0.158 e. The zero-order chi connectivity index (χ0) is 9.94. The van der Waals surface area contributed by atoms with Crippen LogP contribution in [-0.2, 0) is 4.79 Å². The maximum absolute atomic E-state index is 11.3. The Kier molecular flexibility index (Phi) is 3.69. The largest absolute Gasteiger partial charge is 0.295 e. The molecule has 0 amide bonds. The van der Waals surface area contributed by atoms with Crippen LogP contribution < -0.4 is 0 Å². The summed E-state index contributed by atoms with van der Waals surface area (Å²) in [6, 6.07) is 0. The number of allylic oxidation sites excluding steroid dienone is 2. The van der Waals surface area contributed by atoms with Gasteiger partial charge in [-0.15, -0.1) is 0 Å². The van der Waals surface area contributed by atoms with Crippen molar-refractivity contribution in [2.45, 2.75) is 41.5 Å². The minimum atomic E-state index is 0.113. The first-order valence-electron chi connectivity index (χ1n) is 4.47. The quantitative estimate of drug-likeness (QED) is 0.579. The van der Waals surface area contributed by atoms with Gasteiger partial charge in [0.1, 0.15) is 0 Å². The van der Waals surface area contributed by atoms with Crippen LogP contribution >= 0.6 is 0 Å². The second-order valence-electron chi connectivity index (χ2n) is 4.63. The van der Waals surface area contributed by atoms with E-state index in [4.69, 9.17) is 0 Å². The third-order valence-corrected chi connectivity index (χ3v) is 2.11. The maximum Gasteiger partial charge on any atom is 0.158 e. The summed E-state index contributed by atoms with van der Waals surface area (Å²) in [5, 5.41) is 0. The standard InChI is InChI=1S/C11H20O/c1-8(2)10(12)7-9(3)11(4,5)6/h7-8H,1-6H3/b9-7-. The van der Waals surface area contributed by atoms with E-state index in [1.165, 1.54) is 0 Å². The van der Waals surface area contributed by atoms with Crippen LogP contribution in [0.3, 0.4) is 0 Å². The normalized spacial score (nSPS) is 13.8. The lowest BCUT2D eigenvalue weighted by molar-refractivity contribution is -0.117. The van der Waals surface area contributed by atoms with Gasteiger partial charge in [-0.25, -0.2) is 0 Å². The Balaban J connectivity index is 4.48. The van der Waals surface area contributed by atoms with E-state index in [1.54, 1.807) is 6.08 Å². The summed E-state index contributed by atoms with van der Waals surface area (Å²) in [5.74, 6) is 0.338. The van der Waals surface area contributed by atoms with Crippen LogP contribution in [0.5, 0.6) is 0 Å². The lowest BCUT2D eigenvalue weighted by Gasteiger charge is -2.19. The Bertz CT molecular complexity index is 192. The van der Waals surface area contributed by atoms with Gasteiger partial charge >= 0.3 is 0 Å². The van der Waals surface area contributed by atoms with E-state index in [0.29, 0.717) is 0 Å². The van der Waals surface area contributed by atoms with Crippen LogP contribution in [0.25, 0.3) is 0 Å². The van der Waals surface area contributed by atoms with E-state index in [1.807, 2.05) is 20.8 Å². The second-order valence-corrected chi connectivity index (χ2v) is 4.63. The molecule has 0 saturated carbocycles. The predicted octanol–water partition coefficient (Wildman–Crippen LogP) is 3.20. The van der Waals surface area contributed by atoms with Crippen molar-refractivity contribution < 1.29 is 4.79 Å². The molecule has 0 aliphatic carbocycles. The molecule has 0 unspecified atom stereocenters. The van der Waals surface area contributed by atoms with E-state index in [0.717, 1.165) is 5.57 Å². The molecule has 0 fully saturated rings. The SMILES string of the molecule is C/C(=C/C(=O)C(C)C)C(C)(C)C. The van der Waals surface area contributed by atoms with Crippen LogP contribution in [0.4, 0.5) is 0 Å². The molecule has 70 valence electrons. The number of rotatable bonds is 2. The molecule has 0 aromatic rings. The topological polar surface area (TPSA) is 17.1 Å². The fraction of sp³-hybridized carbons (Fsp3) is 0.727. The van der Waals surface area contributed by atoms with E-state index in [9.17, 15) is 4.79 Å². The fourth-order valence-electron chi connectivity index (χ4n) is 0.597. The Morgan fingerprint density at radius 2 is 1.67 bits per heavy atom. The molecule has 0 N–H and O–H groups in total. The van der Waals surface area contributed by atoms with Crippen LogP contribution in [0.2, 0.25) is 0 Å². The molecule has 0 heterocycles. The summed E-state index contributed by atoms with van der Waals surface area (Å²) in [6.07, 6.45) is 1.77. The number of hydrogen-bond donors (Lipinski definition) is 0. The first-order chi connectivity index (χ1) is 5.25. The molecule has 0 atom stereocenters. The van der Waals surface area contributed by atoms with E-state index in [-0.39, 0.29) is 17.1 Å². The Morgan fingerprint density at radius 3 is 1.92 bits per heavy atom. The van der Waals surface area contributed by atoms with Gasteiger partial charge in [-0.3, -0.25) is 4.79 Å². The fourth-order valence-corrected chi connectivity index (χ4v) is 0.597. The van der Waals surface area contributed by atoms with Gasteiger partial charge in [0.05, 0.1) is 0 Å². The molecule has 0 aliphatic heterocycles. The molecule has 0 rings (SSSR count). The number of ketones is 1. The van der Waals surface area contributed by atoms with Crippen molar-refractivity contribution >= 4 is 5.78 Å². The molecule has 1 heteroatoms. The maximum atomic E-state index is 11.3. The summed E-state index contributed by atoms with van der Waals surface area (Å²) in [5.41, 5.74) is 1.27.